The van der Waals surface area contributed by atoms with Gasteiger partial charge in [0.2, 0.25) is 0 Å². The minimum absolute atomic E-state index is 0.606. The molecule has 19 heavy (non-hydrogen) atoms. The summed E-state index contributed by atoms with van der Waals surface area (Å²) in [6.45, 7) is 2.03. The zero-order chi connectivity index (χ0) is 13.4. The number of halogens is 1. The van der Waals surface area contributed by atoms with E-state index in [0.29, 0.717) is 10.7 Å². The molecule has 0 radical (unpaired) electrons. The molecule has 0 aliphatic rings. The summed E-state index contributed by atoms with van der Waals surface area (Å²) in [5.74, 6) is 0.746. The maximum absolute atomic E-state index is 6.14. The average molecular weight is 291 g/mol. The third-order valence-corrected chi connectivity index (χ3v) is 4.20. The number of hydrogen-bond acceptors (Lipinski definition) is 5. The molecule has 6 heteroatoms. The first-order chi connectivity index (χ1) is 9.15. The van der Waals surface area contributed by atoms with Crippen molar-refractivity contribution in [3.8, 4) is 0 Å². The first-order valence-corrected chi connectivity index (χ1v) is 6.92. The van der Waals surface area contributed by atoms with Crippen molar-refractivity contribution in [2.75, 3.05) is 11.1 Å². The smallest absolute Gasteiger partial charge is 0.151 e. The van der Waals surface area contributed by atoms with Crippen molar-refractivity contribution < 1.29 is 0 Å². The third kappa shape index (κ3) is 2.22. The van der Waals surface area contributed by atoms with E-state index in [4.69, 9.17) is 17.3 Å². The van der Waals surface area contributed by atoms with Gasteiger partial charge in [-0.1, -0.05) is 11.6 Å². The Hall–Kier alpha value is -1.85. The Morgan fingerprint density at radius 3 is 3.00 bits per heavy atom. The van der Waals surface area contributed by atoms with Gasteiger partial charge in [-0.05, 0) is 36.1 Å². The summed E-state index contributed by atoms with van der Waals surface area (Å²) in [7, 11) is 0. The second-order valence-electron chi connectivity index (χ2n) is 4.18. The summed E-state index contributed by atoms with van der Waals surface area (Å²) < 4.78 is 1.01. The van der Waals surface area contributed by atoms with Gasteiger partial charge in [0.1, 0.15) is 6.33 Å². The quantitative estimate of drug-likeness (QED) is 0.701. The predicted octanol–water partition coefficient (Wildman–Crippen LogP) is 3.98. The zero-order valence-corrected chi connectivity index (χ0v) is 11.7. The highest BCUT2D eigenvalue weighted by Crippen LogP contribution is 2.33. The van der Waals surface area contributed by atoms with Crippen LogP contribution in [0.3, 0.4) is 0 Å². The Labute approximate surface area is 119 Å². The van der Waals surface area contributed by atoms with Crippen LogP contribution in [-0.2, 0) is 0 Å². The van der Waals surface area contributed by atoms with E-state index in [-0.39, 0.29) is 0 Å². The molecule has 0 saturated carbocycles. The number of nitrogens with two attached hydrogens (primary N) is 1. The Morgan fingerprint density at radius 1 is 1.32 bits per heavy atom. The lowest BCUT2D eigenvalue weighted by Gasteiger charge is -2.09. The highest BCUT2D eigenvalue weighted by Gasteiger charge is 2.09. The molecule has 0 bridgehead atoms. The van der Waals surface area contributed by atoms with Crippen LogP contribution in [0.1, 0.15) is 5.56 Å². The monoisotopic (exact) mass is 290 g/mol. The van der Waals surface area contributed by atoms with Crippen LogP contribution < -0.4 is 11.1 Å². The SMILES string of the molecule is Cc1csc2c(Nc3cc(N)ccc3Cl)ncnc12. The summed E-state index contributed by atoms with van der Waals surface area (Å²) in [6.07, 6.45) is 1.55. The summed E-state index contributed by atoms with van der Waals surface area (Å²) in [4.78, 5) is 8.56. The van der Waals surface area contributed by atoms with Gasteiger partial charge in [0.25, 0.3) is 0 Å². The highest BCUT2D eigenvalue weighted by molar-refractivity contribution is 7.18. The molecule has 0 amide bonds. The van der Waals surface area contributed by atoms with Gasteiger partial charge in [0.15, 0.2) is 5.82 Å². The third-order valence-electron chi connectivity index (χ3n) is 2.77. The number of nitrogen functional groups attached to an aromatic ring is 1. The molecular formula is C13H11ClN4S. The van der Waals surface area contributed by atoms with E-state index in [1.54, 1.807) is 35.9 Å². The molecule has 0 spiro atoms. The van der Waals surface area contributed by atoms with Gasteiger partial charge < -0.3 is 11.1 Å². The molecule has 2 aromatic heterocycles. The van der Waals surface area contributed by atoms with Crippen LogP contribution in [0.15, 0.2) is 29.9 Å². The first kappa shape index (κ1) is 12.2. The number of fused-ring (bicyclic) bond motifs is 1. The Balaban J connectivity index is 2.08. The molecular weight excluding hydrogens is 280 g/mol. The average Bonchev–Trinajstić information content (AvgIpc) is 2.77. The van der Waals surface area contributed by atoms with Crippen molar-refractivity contribution in [2.45, 2.75) is 6.92 Å². The molecule has 0 aliphatic heterocycles. The number of aromatic nitrogens is 2. The van der Waals surface area contributed by atoms with Gasteiger partial charge >= 0.3 is 0 Å². The van der Waals surface area contributed by atoms with Crippen LogP contribution in [0.4, 0.5) is 17.2 Å². The van der Waals surface area contributed by atoms with E-state index in [0.717, 1.165) is 27.3 Å². The molecule has 3 rings (SSSR count). The number of aryl methyl sites for hydroxylation is 1. The van der Waals surface area contributed by atoms with Crippen molar-refractivity contribution in [1.82, 2.24) is 9.97 Å². The van der Waals surface area contributed by atoms with E-state index in [2.05, 4.69) is 20.7 Å². The van der Waals surface area contributed by atoms with E-state index in [1.165, 1.54) is 0 Å². The lowest BCUT2D eigenvalue weighted by Crippen LogP contribution is -1.96. The summed E-state index contributed by atoms with van der Waals surface area (Å²) in [6, 6.07) is 5.31. The number of nitrogens with one attached hydrogen (secondary N) is 1. The van der Waals surface area contributed by atoms with E-state index in [9.17, 15) is 0 Å². The number of hydrogen-bond donors (Lipinski definition) is 2. The van der Waals surface area contributed by atoms with Crippen molar-refractivity contribution in [1.29, 1.82) is 0 Å². The number of nitrogens with zero attached hydrogens (tertiary/aromatic N) is 2. The van der Waals surface area contributed by atoms with Crippen LogP contribution in [0.25, 0.3) is 10.2 Å². The minimum Gasteiger partial charge on any atom is -0.399 e. The molecule has 0 unspecified atom stereocenters. The summed E-state index contributed by atoms with van der Waals surface area (Å²) in [5.41, 5.74) is 9.27. The van der Waals surface area contributed by atoms with Gasteiger partial charge in [-0.3, -0.25) is 0 Å². The summed E-state index contributed by atoms with van der Waals surface area (Å²) >= 11 is 7.75. The second kappa shape index (κ2) is 4.68. The van der Waals surface area contributed by atoms with Gasteiger partial charge in [0, 0.05) is 5.69 Å². The van der Waals surface area contributed by atoms with Gasteiger partial charge in [0.05, 0.1) is 20.9 Å². The van der Waals surface area contributed by atoms with Crippen molar-refractivity contribution in [3.63, 3.8) is 0 Å². The molecule has 3 N–H and O–H groups in total. The van der Waals surface area contributed by atoms with Crippen molar-refractivity contribution in [3.05, 3.63) is 40.5 Å². The fourth-order valence-corrected chi connectivity index (χ4v) is 2.94. The largest absolute Gasteiger partial charge is 0.399 e. The summed E-state index contributed by atoms with van der Waals surface area (Å²) in [5, 5.41) is 5.88. The number of benzene rings is 1. The van der Waals surface area contributed by atoms with Crippen LogP contribution in [0.2, 0.25) is 5.02 Å². The standard InChI is InChI=1S/C13H11ClN4S/c1-7-5-19-12-11(7)16-6-17-13(12)18-10-4-8(15)2-3-9(10)14/h2-6H,15H2,1H3,(H,16,17,18). The van der Waals surface area contributed by atoms with E-state index >= 15 is 0 Å². The maximum Gasteiger partial charge on any atom is 0.151 e. The van der Waals surface area contributed by atoms with Gasteiger partial charge in [-0.2, -0.15) is 0 Å². The normalized spacial score (nSPS) is 10.8. The van der Waals surface area contributed by atoms with Gasteiger partial charge in [-0.15, -0.1) is 11.3 Å². The van der Waals surface area contributed by atoms with Crippen LogP contribution >= 0.6 is 22.9 Å². The van der Waals surface area contributed by atoms with E-state index in [1.807, 2.05) is 6.92 Å². The first-order valence-electron chi connectivity index (χ1n) is 5.66. The van der Waals surface area contributed by atoms with Crippen LogP contribution in [0.5, 0.6) is 0 Å². The molecule has 3 aromatic rings. The molecule has 96 valence electrons. The molecule has 0 atom stereocenters. The van der Waals surface area contributed by atoms with Crippen LogP contribution in [-0.4, -0.2) is 9.97 Å². The van der Waals surface area contributed by atoms with Gasteiger partial charge in [-0.25, -0.2) is 9.97 Å². The Bertz CT molecular complexity index is 753. The molecule has 1 aromatic carbocycles. The van der Waals surface area contributed by atoms with E-state index < -0.39 is 0 Å². The molecule has 2 heterocycles. The molecule has 0 saturated heterocycles. The number of rotatable bonds is 2. The topological polar surface area (TPSA) is 63.8 Å². The molecule has 0 fully saturated rings. The second-order valence-corrected chi connectivity index (χ2v) is 5.47. The maximum atomic E-state index is 6.14. The Morgan fingerprint density at radius 2 is 2.16 bits per heavy atom. The lowest BCUT2D eigenvalue weighted by molar-refractivity contribution is 1.22. The zero-order valence-electron chi connectivity index (χ0n) is 10.1. The van der Waals surface area contributed by atoms with Crippen molar-refractivity contribution in [2.24, 2.45) is 0 Å². The number of anilines is 3. The molecule has 0 aliphatic carbocycles. The lowest BCUT2D eigenvalue weighted by atomic mass is 10.2. The fraction of sp³-hybridized carbons (Fsp3) is 0.0769. The van der Waals surface area contributed by atoms with Crippen LogP contribution in [0, 0.1) is 6.92 Å². The minimum atomic E-state index is 0.606. The van der Waals surface area contributed by atoms with Crippen molar-refractivity contribution >= 4 is 50.3 Å². The fourth-order valence-electron chi connectivity index (χ4n) is 1.82. The molecule has 4 nitrogen and oxygen atoms in total. The number of thiophene rings is 1. The predicted molar refractivity (Wildman–Crippen MR) is 81.3 cm³/mol. The Kier molecular flexibility index (Phi) is 3.00. The highest BCUT2D eigenvalue weighted by atomic mass is 35.5.